The molecule has 0 saturated heterocycles. The fourth-order valence-corrected chi connectivity index (χ4v) is 3.71. The number of halogens is 1. The molecular weight excluding hydrogens is 348 g/mol. The Morgan fingerprint density at radius 3 is 2.71 bits per heavy atom. The number of hydrogen-bond donors (Lipinski definition) is 2. The van der Waals surface area contributed by atoms with Crippen LogP contribution >= 0.6 is 23.4 Å². The summed E-state index contributed by atoms with van der Waals surface area (Å²) in [5.41, 5.74) is 6.83. The number of carbonyl (C=O) groups is 2. The van der Waals surface area contributed by atoms with Crippen molar-refractivity contribution in [2.24, 2.45) is 11.7 Å². The van der Waals surface area contributed by atoms with Gasteiger partial charge in [0.2, 0.25) is 5.91 Å². The summed E-state index contributed by atoms with van der Waals surface area (Å²) in [5, 5.41) is 3.03. The Hall–Kier alpha value is -1.73. The van der Waals surface area contributed by atoms with E-state index in [-0.39, 0.29) is 5.92 Å². The molecular formula is C16H21ClN4O2S. The molecule has 1 atom stereocenters. The number of fused-ring (bicyclic) bond motifs is 1. The van der Waals surface area contributed by atoms with Crippen LogP contribution in [0.25, 0.3) is 11.0 Å². The molecule has 8 heteroatoms. The average Bonchev–Trinajstić information content (AvgIpc) is 2.81. The van der Waals surface area contributed by atoms with E-state index in [9.17, 15) is 9.59 Å². The SMILES string of the molecule is CCCn1c(S[C@H](C(=O)NC(N)=O)C(C)C)nc2cc(Cl)ccc21. The Morgan fingerprint density at radius 1 is 1.42 bits per heavy atom. The lowest BCUT2D eigenvalue weighted by atomic mass is 10.1. The number of primary amides is 1. The van der Waals surface area contributed by atoms with Gasteiger partial charge in [-0.15, -0.1) is 0 Å². The first kappa shape index (κ1) is 18.6. The van der Waals surface area contributed by atoms with E-state index < -0.39 is 17.2 Å². The Morgan fingerprint density at radius 2 is 2.12 bits per heavy atom. The Labute approximate surface area is 150 Å². The van der Waals surface area contributed by atoms with Crippen LogP contribution in [0.1, 0.15) is 27.2 Å². The highest BCUT2D eigenvalue weighted by atomic mass is 35.5. The first-order valence-electron chi connectivity index (χ1n) is 7.76. The summed E-state index contributed by atoms with van der Waals surface area (Å²) in [6, 6.07) is 4.71. The van der Waals surface area contributed by atoms with Gasteiger partial charge in [-0.05, 0) is 30.5 Å². The van der Waals surface area contributed by atoms with Gasteiger partial charge < -0.3 is 10.3 Å². The van der Waals surface area contributed by atoms with E-state index in [4.69, 9.17) is 17.3 Å². The summed E-state index contributed by atoms with van der Waals surface area (Å²) >= 11 is 7.38. The molecule has 2 aromatic rings. The normalized spacial score (nSPS) is 12.5. The molecule has 0 radical (unpaired) electrons. The number of nitrogens with one attached hydrogen (secondary N) is 1. The minimum Gasteiger partial charge on any atom is -0.351 e. The number of aromatic nitrogens is 2. The number of rotatable bonds is 6. The van der Waals surface area contributed by atoms with Gasteiger partial charge in [0.15, 0.2) is 5.16 Å². The van der Waals surface area contributed by atoms with Gasteiger partial charge in [0.05, 0.1) is 16.3 Å². The summed E-state index contributed by atoms with van der Waals surface area (Å²) in [5.74, 6) is -0.400. The molecule has 24 heavy (non-hydrogen) atoms. The van der Waals surface area contributed by atoms with E-state index in [1.165, 1.54) is 11.8 Å². The molecule has 0 aliphatic rings. The maximum atomic E-state index is 12.2. The molecule has 1 heterocycles. The van der Waals surface area contributed by atoms with E-state index in [1.54, 1.807) is 6.07 Å². The van der Waals surface area contributed by atoms with Crippen molar-refractivity contribution in [1.82, 2.24) is 14.9 Å². The molecule has 0 unspecified atom stereocenters. The van der Waals surface area contributed by atoms with E-state index >= 15 is 0 Å². The van der Waals surface area contributed by atoms with Gasteiger partial charge in [-0.1, -0.05) is 44.1 Å². The second-order valence-corrected chi connectivity index (χ2v) is 7.36. The van der Waals surface area contributed by atoms with Crippen molar-refractivity contribution >= 4 is 46.3 Å². The number of urea groups is 1. The van der Waals surface area contributed by atoms with Crippen molar-refractivity contribution in [3.63, 3.8) is 0 Å². The third kappa shape index (κ3) is 4.21. The largest absolute Gasteiger partial charge is 0.351 e. The molecule has 0 spiro atoms. The molecule has 0 fully saturated rings. The highest BCUT2D eigenvalue weighted by Crippen LogP contribution is 2.32. The zero-order valence-corrected chi connectivity index (χ0v) is 15.4. The van der Waals surface area contributed by atoms with E-state index in [0.717, 1.165) is 29.2 Å². The molecule has 3 amide bonds. The van der Waals surface area contributed by atoms with Gasteiger partial charge in [-0.25, -0.2) is 9.78 Å². The molecule has 6 nitrogen and oxygen atoms in total. The predicted molar refractivity (Wildman–Crippen MR) is 97.2 cm³/mol. The van der Waals surface area contributed by atoms with Crippen LogP contribution in [0.15, 0.2) is 23.4 Å². The molecule has 1 aromatic heterocycles. The van der Waals surface area contributed by atoms with Gasteiger partial charge in [-0.3, -0.25) is 10.1 Å². The number of hydrogen-bond acceptors (Lipinski definition) is 4. The average molecular weight is 369 g/mol. The second-order valence-electron chi connectivity index (χ2n) is 5.82. The molecule has 0 bridgehead atoms. The Balaban J connectivity index is 2.40. The number of carbonyl (C=O) groups excluding carboxylic acids is 2. The number of nitrogens with zero attached hydrogens (tertiary/aromatic N) is 2. The monoisotopic (exact) mass is 368 g/mol. The molecule has 0 aliphatic heterocycles. The number of nitrogens with two attached hydrogens (primary N) is 1. The van der Waals surface area contributed by atoms with Crippen LogP contribution in [-0.4, -0.2) is 26.7 Å². The van der Waals surface area contributed by atoms with Gasteiger partial charge in [0.25, 0.3) is 0 Å². The summed E-state index contributed by atoms with van der Waals surface area (Å²) in [6.45, 7) is 6.70. The molecule has 3 N–H and O–H groups in total. The van der Waals surface area contributed by atoms with Crippen LogP contribution in [0, 0.1) is 5.92 Å². The van der Waals surface area contributed by atoms with Crippen LogP contribution in [0.4, 0.5) is 4.79 Å². The van der Waals surface area contributed by atoms with Crippen molar-refractivity contribution in [3.05, 3.63) is 23.2 Å². The number of aryl methyl sites for hydroxylation is 1. The number of amides is 3. The highest BCUT2D eigenvalue weighted by molar-refractivity contribution is 8.00. The lowest BCUT2D eigenvalue weighted by Gasteiger charge is -2.19. The first-order chi connectivity index (χ1) is 11.3. The van der Waals surface area contributed by atoms with Crippen LogP contribution < -0.4 is 11.1 Å². The molecule has 0 saturated carbocycles. The third-order valence-corrected chi connectivity index (χ3v) is 5.24. The number of imidazole rings is 1. The highest BCUT2D eigenvalue weighted by Gasteiger charge is 2.27. The molecule has 1 aromatic carbocycles. The first-order valence-corrected chi connectivity index (χ1v) is 9.02. The molecule has 2 rings (SSSR count). The number of imide groups is 1. The van der Waals surface area contributed by atoms with E-state index in [2.05, 4.69) is 21.8 Å². The predicted octanol–water partition coefficient (Wildman–Crippen LogP) is 3.41. The van der Waals surface area contributed by atoms with Crippen molar-refractivity contribution in [1.29, 1.82) is 0 Å². The number of thioether (sulfide) groups is 1. The fourth-order valence-electron chi connectivity index (χ4n) is 2.41. The van der Waals surface area contributed by atoms with Crippen molar-refractivity contribution in [3.8, 4) is 0 Å². The summed E-state index contributed by atoms with van der Waals surface area (Å²) in [4.78, 5) is 27.9. The lowest BCUT2D eigenvalue weighted by molar-refractivity contribution is -0.120. The van der Waals surface area contributed by atoms with Crippen LogP contribution in [0.2, 0.25) is 5.02 Å². The standard InChI is InChI=1S/C16H21ClN4O2S/c1-4-7-21-12-6-5-10(17)8-11(12)19-16(21)24-13(9(2)3)14(22)20-15(18)23/h5-6,8-9,13H,4,7H2,1-3H3,(H3,18,20,22,23)/t13-/m0/s1. The summed E-state index contributed by atoms with van der Waals surface area (Å²) < 4.78 is 2.07. The zero-order valence-electron chi connectivity index (χ0n) is 13.9. The Bertz CT molecular complexity index is 760. The second kappa shape index (κ2) is 7.90. The quantitative estimate of drug-likeness (QED) is 0.764. The zero-order chi connectivity index (χ0) is 17.9. The maximum Gasteiger partial charge on any atom is 0.318 e. The van der Waals surface area contributed by atoms with Crippen molar-refractivity contribution in [2.45, 2.75) is 44.1 Å². The summed E-state index contributed by atoms with van der Waals surface area (Å²) in [7, 11) is 0. The van der Waals surface area contributed by atoms with Gasteiger partial charge in [-0.2, -0.15) is 0 Å². The van der Waals surface area contributed by atoms with Crippen molar-refractivity contribution in [2.75, 3.05) is 0 Å². The van der Waals surface area contributed by atoms with Crippen LogP contribution in [-0.2, 0) is 11.3 Å². The van der Waals surface area contributed by atoms with E-state index in [0.29, 0.717) is 5.02 Å². The van der Waals surface area contributed by atoms with E-state index in [1.807, 2.05) is 26.0 Å². The lowest BCUT2D eigenvalue weighted by Crippen LogP contribution is -2.42. The summed E-state index contributed by atoms with van der Waals surface area (Å²) in [6.07, 6.45) is 0.932. The molecule has 0 aliphatic carbocycles. The molecule has 130 valence electrons. The van der Waals surface area contributed by atoms with Gasteiger partial charge in [0.1, 0.15) is 0 Å². The van der Waals surface area contributed by atoms with Gasteiger partial charge in [0, 0.05) is 11.6 Å². The van der Waals surface area contributed by atoms with Crippen LogP contribution in [0.5, 0.6) is 0 Å². The smallest absolute Gasteiger partial charge is 0.318 e. The maximum absolute atomic E-state index is 12.2. The topological polar surface area (TPSA) is 90.0 Å². The minimum absolute atomic E-state index is 0.00725. The fraction of sp³-hybridized carbons (Fsp3) is 0.438. The number of benzene rings is 1. The van der Waals surface area contributed by atoms with Gasteiger partial charge >= 0.3 is 6.03 Å². The Kier molecular flexibility index (Phi) is 6.12. The minimum atomic E-state index is -0.847. The third-order valence-electron chi connectivity index (χ3n) is 3.47. The van der Waals surface area contributed by atoms with Crippen LogP contribution in [0.3, 0.4) is 0 Å². The van der Waals surface area contributed by atoms with Crippen molar-refractivity contribution < 1.29 is 9.59 Å².